The molecular formula is C21H26N6O2. The molecule has 0 bridgehead atoms. The molecule has 0 spiro atoms. The summed E-state index contributed by atoms with van der Waals surface area (Å²) in [5.74, 6) is 2.01. The monoisotopic (exact) mass is 394 g/mol. The van der Waals surface area contributed by atoms with Crippen LogP contribution in [0.5, 0.6) is 11.5 Å². The Bertz CT molecular complexity index is 955. The number of benzene rings is 1. The van der Waals surface area contributed by atoms with Gasteiger partial charge >= 0.3 is 0 Å². The topological polar surface area (TPSA) is 108 Å². The Labute approximate surface area is 169 Å². The van der Waals surface area contributed by atoms with Crippen molar-refractivity contribution in [1.29, 1.82) is 0 Å². The van der Waals surface area contributed by atoms with Gasteiger partial charge < -0.3 is 20.5 Å². The maximum Gasteiger partial charge on any atom is 0.223 e. The summed E-state index contributed by atoms with van der Waals surface area (Å²) in [6.45, 7) is 3.96. The van der Waals surface area contributed by atoms with Crippen molar-refractivity contribution in [3.05, 3.63) is 36.9 Å². The van der Waals surface area contributed by atoms with Crippen LogP contribution in [0, 0.1) is 0 Å². The SMILES string of the molecule is CC(C)Oc1cnc(NC2CCC(Oc3cc(N)cc4nccnc34)CC2)nc1. The lowest BCUT2D eigenvalue weighted by atomic mass is 9.93. The number of fused-ring (bicyclic) bond motifs is 1. The average molecular weight is 394 g/mol. The van der Waals surface area contributed by atoms with Gasteiger partial charge in [0.05, 0.1) is 30.1 Å². The second kappa shape index (κ2) is 8.46. The molecule has 29 heavy (non-hydrogen) atoms. The number of aromatic nitrogens is 4. The van der Waals surface area contributed by atoms with Crippen LogP contribution < -0.4 is 20.5 Å². The Morgan fingerprint density at radius 2 is 1.72 bits per heavy atom. The number of rotatable bonds is 6. The Kier molecular flexibility index (Phi) is 5.59. The molecule has 1 saturated carbocycles. The van der Waals surface area contributed by atoms with E-state index >= 15 is 0 Å². The van der Waals surface area contributed by atoms with Gasteiger partial charge in [-0.05, 0) is 45.6 Å². The summed E-state index contributed by atoms with van der Waals surface area (Å²) in [6, 6.07) is 3.97. The van der Waals surface area contributed by atoms with E-state index in [0.29, 0.717) is 29.2 Å². The molecule has 8 nitrogen and oxygen atoms in total. The molecule has 0 aliphatic heterocycles. The smallest absolute Gasteiger partial charge is 0.223 e. The van der Waals surface area contributed by atoms with Gasteiger partial charge in [-0.1, -0.05) is 0 Å². The Morgan fingerprint density at radius 3 is 2.45 bits per heavy atom. The molecule has 0 saturated heterocycles. The zero-order valence-electron chi connectivity index (χ0n) is 16.7. The van der Waals surface area contributed by atoms with Gasteiger partial charge in [0.2, 0.25) is 5.95 Å². The predicted octanol–water partition coefficient (Wildman–Crippen LogP) is 3.59. The standard InChI is InChI=1S/C21H26N6O2/c1-13(2)28-17-11-25-21(26-12-17)27-15-3-5-16(6-4-15)29-19-10-14(22)9-18-20(19)24-8-7-23-18/h7-13,15-16H,3-6,22H2,1-2H3,(H,25,26,27). The average Bonchev–Trinajstić information content (AvgIpc) is 2.70. The van der Waals surface area contributed by atoms with E-state index in [9.17, 15) is 0 Å². The summed E-state index contributed by atoms with van der Waals surface area (Å²) in [4.78, 5) is 17.4. The van der Waals surface area contributed by atoms with Gasteiger partial charge in [0.25, 0.3) is 0 Å². The number of ether oxygens (including phenoxy) is 2. The van der Waals surface area contributed by atoms with Crippen molar-refractivity contribution in [2.75, 3.05) is 11.1 Å². The summed E-state index contributed by atoms with van der Waals surface area (Å²) in [5, 5.41) is 3.41. The highest BCUT2D eigenvalue weighted by molar-refractivity contribution is 5.84. The zero-order valence-corrected chi connectivity index (χ0v) is 16.7. The number of nitrogens with one attached hydrogen (secondary N) is 1. The van der Waals surface area contributed by atoms with Crippen molar-refractivity contribution in [3.8, 4) is 11.5 Å². The first-order chi connectivity index (χ1) is 14.1. The van der Waals surface area contributed by atoms with Crippen LogP contribution in [0.15, 0.2) is 36.9 Å². The van der Waals surface area contributed by atoms with E-state index in [2.05, 4.69) is 25.3 Å². The summed E-state index contributed by atoms with van der Waals surface area (Å²) in [5.41, 5.74) is 8.12. The van der Waals surface area contributed by atoms with E-state index in [1.807, 2.05) is 26.0 Å². The first kappa shape index (κ1) is 19.2. The molecule has 3 N–H and O–H groups in total. The van der Waals surface area contributed by atoms with Crippen LogP contribution in [-0.2, 0) is 0 Å². The summed E-state index contributed by atoms with van der Waals surface area (Å²) in [6.07, 6.45) is 10.8. The van der Waals surface area contributed by atoms with Crippen molar-refractivity contribution in [3.63, 3.8) is 0 Å². The third kappa shape index (κ3) is 4.82. The fourth-order valence-electron chi connectivity index (χ4n) is 3.56. The van der Waals surface area contributed by atoms with Crippen molar-refractivity contribution >= 4 is 22.7 Å². The van der Waals surface area contributed by atoms with Crippen molar-refractivity contribution < 1.29 is 9.47 Å². The first-order valence-corrected chi connectivity index (χ1v) is 9.99. The second-order valence-corrected chi connectivity index (χ2v) is 7.59. The van der Waals surface area contributed by atoms with Crippen LogP contribution in [-0.4, -0.2) is 38.2 Å². The number of anilines is 2. The number of hydrogen-bond donors (Lipinski definition) is 2. The first-order valence-electron chi connectivity index (χ1n) is 9.99. The highest BCUT2D eigenvalue weighted by atomic mass is 16.5. The van der Waals surface area contributed by atoms with Crippen LogP contribution in [0.1, 0.15) is 39.5 Å². The summed E-state index contributed by atoms with van der Waals surface area (Å²) in [7, 11) is 0. The molecule has 2 heterocycles. The lowest BCUT2D eigenvalue weighted by Gasteiger charge is -2.29. The van der Waals surface area contributed by atoms with Gasteiger partial charge in [-0.3, -0.25) is 4.98 Å². The molecule has 3 aromatic rings. The lowest BCUT2D eigenvalue weighted by molar-refractivity contribution is 0.152. The largest absolute Gasteiger partial charge is 0.488 e. The maximum absolute atomic E-state index is 6.24. The van der Waals surface area contributed by atoms with Gasteiger partial charge in [-0.2, -0.15) is 0 Å². The van der Waals surface area contributed by atoms with E-state index in [0.717, 1.165) is 36.7 Å². The van der Waals surface area contributed by atoms with Crippen molar-refractivity contribution in [2.45, 2.75) is 57.8 Å². The lowest BCUT2D eigenvalue weighted by Crippen LogP contribution is -2.31. The molecule has 1 aliphatic rings. The predicted molar refractivity (Wildman–Crippen MR) is 112 cm³/mol. The van der Waals surface area contributed by atoms with Gasteiger partial charge in [0.1, 0.15) is 11.3 Å². The Balaban J connectivity index is 1.33. The maximum atomic E-state index is 6.24. The van der Waals surface area contributed by atoms with Gasteiger partial charge in [0.15, 0.2) is 5.75 Å². The third-order valence-corrected chi connectivity index (χ3v) is 4.86. The molecule has 1 fully saturated rings. The van der Waals surface area contributed by atoms with Crippen LogP contribution in [0.2, 0.25) is 0 Å². The second-order valence-electron chi connectivity index (χ2n) is 7.59. The zero-order chi connectivity index (χ0) is 20.2. The Morgan fingerprint density at radius 1 is 1.00 bits per heavy atom. The molecule has 0 unspecified atom stereocenters. The highest BCUT2D eigenvalue weighted by Crippen LogP contribution is 2.30. The van der Waals surface area contributed by atoms with Crippen LogP contribution in [0.4, 0.5) is 11.6 Å². The van der Waals surface area contributed by atoms with Crippen LogP contribution in [0.25, 0.3) is 11.0 Å². The van der Waals surface area contributed by atoms with E-state index in [1.54, 1.807) is 24.8 Å². The highest BCUT2D eigenvalue weighted by Gasteiger charge is 2.24. The van der Waals surface area contributed by atoms with Crippen molar-refractivity contribution in [2.24, 2.45) is 0 Å². The van der Waals surface area contributed by atoms with Crippen LogP contribution >= 0.6 is 0 Å². The summed E-state index contributed by atoms with van der Waals surface area (Å²) >= 11 is 0. The van der Waals surface area contributed by atoms with Crippen LogP contribution in [0.3, 0.4) is 0 Å². The quantitative estimate of drug-likeness (QED) is 0.611. The molecule has 8 heteroatoms. The summed E-state index contributed by atoms with van der Waals surface area (Å²) < 4.78 is 11.8. The number of nitrogen functional groups attached to an aromatic ring is 1. The number of nitrogens with two attached hydrogens (primary N) is 1. The van der Waals surface area contributed by atoms with Gasteiger partial charge in [-0.15, -0.1) is 0 Å². The molecule has 2 aromatic heterocycles. The van der Waals surface area contributed by atoms with E-state index in [1.165, 1.54) is 0 Å². The number of hydrogen-bond acceptors (Lipinski definition) is 8. The van der Waals surface area contributed by atoms with E-state index in [4.69, 9.17) is 15.2 Å². The minimum atomic E-state index is 0.107. The minimum absolute atomic E-state index is 0.107. The molecule has 152 valence electrons. The molecule has 1 aliphatic carbocycles. The number of nitrogens with zero attached hydrogens (tertiary/aromatic N) is 4. The molecule has 4 rings (SSSR count). The molecule has 0 radical (unpaired) electrons. The molecule has 1 aromatic carbocycles. The third-order valence-electron chi connectivity index (χ3n) is 4.86. The molecule has 0 amide bonds. The molecular weight excluding hydrogens is 368 g/mol. The van der Waals surface area contributed by atoms with Crippen molar-refractivity contribution in [1.82, 2.24) is 19.9 Å². The van der Waals surface area contributed by atoms with E-state index < -0.39 is 0 Å². The van der Waals surface area contributed by atoms with Gasteiger partial charge in [0, 0.05) is 30.2 Å². The normalized spacial score (nSPS) is 19.3. The van der Waals surface area contributed by atoms with E-state index in [-0.39, 0.29) is 12.2 Å². The minimum Gasteiger partial charge on any atom is -0.488 e. The van der Waals surface area contributed by atoms with Gasteiger partial charge in [-0.25, -0.2) is 15.0 Å². The fraction of sp³-hybridized carbons (Fsp3) is 0.429. The Hall–Kier alpha value is -3.16. The fourth-order valence-corrected chi connectivity index (χ4v) is 3.56. The molecule has 0 atom stereocenters.